The lowest BCUT2D eigenvalue weighted by Crippen LogP contribution is -2.33. The minimum absolute atomic E-state index is 0.0405. The van der Waals surface area contributed by atoms with Gasteiger partial charge in [-0.05, 0) is 35.6 Å². The molecule has 1 aliphatic carbocycles. The summed E-state index contributed by atoms with van der Waals surface area (Å²) >= 11 is 0. The first-order chi connectivity index (χ1) is 16.0. The summed E-state index contributed by atoms with van der Waals surface area (Å²) in [5.41, 5.74) is 2.85. The fourth-order valence-corrected chi connectivity index (χ4v) is 4.61. The summed E-state index contributed by atoms with van der Waals surface area (Å²) in [6.07, 6.45) is 2.28. The Hall–Kier alpha value is -4.21. The van der Waals surface area contributed by atoms with Gasteiger partial charge < -0.3 is 14.8 Å². The molecule has 0 spiro atoms. The van der Waals surface area contributed by atoms with Gasteiger partial charge in [-0.1, -0.05) is 18.2 Å². The van der Waals surface area contributed by atoms with Gasteiger partial charge in [0.05, 0.1) is 19.1 Å². The van der Waals surface area contributed by atoms with Crippen LogP contribution in [0.5, 0.6) is 11.5 Å². The van der Waals surface area contributed by atoms with Crippen molar-refractivity contribution in [3.8, 4) is 11.5 Å². The summed E-state index contributed by atoms with van der Waals surface area (Å²) in [6, 6.07) is 11.4. The van der Waals surface area contributed by atoms with Crippen molar-refractivity contribution in [1.29, 1.82) is 0 Å². The molecule has 0 saturated heterocycles. The number of allylic oxidation sites excluding steroid dienone is 2. The number of hydrogen-bond acceptors (Lipinski definition) is 8. The van der Waals surface area contributed by atoms with E-state index in [0.717, 1.165) is 11.3 Å². The molecule has 2 aliphatic rings. The third-order valence-corrected chi connectivity index (χ3v) is 6.14. The highest BCUT2D eigenvalue weighted by Crippen LogP contribution is 2.45. The van der Waals surface area contributed by atoms with Gasteiger partial charge in [0.1, 0.15) is 12.4 Å². The van der Waals surface area contributed by atoms with Gasteiger partial charge in [-0.2, -0.15) is 10.1 Å². The largest absolute Gasteiger partial charge is 0.493 e. The Morgan fingerprint density at radius 2 is 1.91 bits per heavy atom. The number of nitro benzene ring substituents is 1. The molecule has 1 N–H and O–H groups in total. The first-order valence-corrected chi connectivity index (χ1v) is 10.4. The Balaban J connectivity index is 1.57. The minimum Gasteiger partial charge on any atom is -0.493 e. The highest BCUT2D eigenvalue weighted by atomic mass is 16.6. The van der Waals surface area contributed by atoms with Crippen molar-refractivity contribution in [3.05, 3.63) is 81.3 Å². The van der Waals surface area contributed by atoms with E-state index in [1.165, 1.54) is 18.5 Å². The molecule has 2 unspecified atom stereocenters. The molecule has 2 heterocycles. The number of aromatic nitrogens is 3. The van der Waals surface area contributed by atoms with Crippen molar-refractivity contribution in [2.24, 2.45) is 0 Å². The fourth-order valence-electron chi connectivity index (χ4n) is 4.61. The number of anilines is 1. The van der Waals surface area contributed by atoms with Gasteiger partial charge in [-0.15, -0.1) is 0 Å². The molecule has 5 rings (SSSR count). The highest BCUT2D eigenvalue weighted by molar-refractivity contribution is 6.00. The number of ether oxygens (including phenoxy) is 2. The molecule has 2 aromatic carbocycles. The van der Waals surface area contributed by atoms with Gasteiger partial charge in [0.15, 0.2) is 17.3 Å². The molecule has 0 fully saturated rings. The van der Waals surface area contributed by atoms with Gasteiger partial charge in [0, 0.05) is 29.8 Å². The number of ketones is 1. The molecule has 0 bridgehead atoms. The van der Waals surface area contributed by atoms with Crippen LogP contribution in [0.25, 0.3) is 0 Å². The summed E-state index contributed by atoms with van der Waals surface area (Å²) in [4.78, 5) is 28.6. The smallest absolute Gasteiger partial charge is 0.269 e. The fraction of sp³-hybridized carbons (Fsp3) is 0.261. The minimum atomic E-state index is -0.586. The summed E-state index contributed by atoms with van der Waals surface area (Å²) in [7, 11) is 3.16. The quantitative estimate of drug-likeness (QED) is 0.465. The Kier molecular flexibility index (Phi) is 5.04. The van der Waals surface area contributed by atoms with Gasteiger partial charge in [0.25, 0.3) is 5.69 Å². The van der Waals surface area contributed by atoms with Crippen LogP contribution in [0.15, 0.2) is 60.1 Å². The van der Waals surface area contributed by atoms with Crippen molar-refractivity contribution in [2.75, 3.05) is 19.5 Å². The average Bonchev–Trinajstić information content (AvgIpc) is 3.30. The number of carbonyl (C=O) groups is 1. The number of fused-ring (bicyclic) bond motifs is 1. The van der Waals surface area contributed by atoms with Crippen LogP contribution >= 0.6 is 0 Å². The molecular weight excluding hydrogens is 426 g/mol. The number of benzene rings is 2. The number of nitro groups is 1. The number of nitrogens with one attached hydrogen (secondary N) is 1. The average molecular weight is 447 g/mol. The van der Waals surface area contributed by atoms with Gasteiger partial charge in [0.2, 0.25) is 5.95 Å². The predicted molar refractivity (Wildman–Crippen MR) is 118 cm³/mol. The van der Waals surface area contributed by atoms with Gasteiger partial charge >= 0.3 is 0 Å². The molecular formula is C23H21N5O5. The van der Waals surface area contributed by atoms with E-state index in [4.69, 9.17) is 9.47 Å². The summed E-state index contributed by atoms with van der Waals surface area (Å²) in [5, 5.41) is 18.9. The van der Waals surface area contributed by atoms with Crippen LogP contribution in [0.2, 0.25) is 0 Å². The second kappa shape index (κ2) is 8.05. The van der Waals surface area contributed by atoms with Crippen LogP contribution in [-0.2, 0) is 4.79 Å². The lowest BCUT2D eigenvalue weighted by molar-refractivity contribution is -0.384. The predicted octanol–water partition coefficient (Wildman–Crippen LogP) is 3.62. The molecule has 33 heavy (non-hydrogen) atoms. The van der Waals surface area contributed by atoms with Gasteiger partial charge in [-0.3, -0.25) is 14.9 Å². The molecule has 10 heteroatoms. The van der Waals surface area contributed by atoms with Crippen LogP contribution in [0, 0.1) is 10.1 Å². The van der Waals surface area contributed by atoms with Crippen molar-refractivity contribution < 1.29 is 19.2 Å². The zero-order chi connectivity index (χ0) is 23.1. The maximum absolute atomic E-state index is 13.5. The van der Waals surface area contributed by atoms with E-state index in [2.05, 4.69) is 15.4 Å². The Morgan fingerprint density at radius 1 is 1.09 bits per heavy atom. The summed E-state index contributed by atoms with van der Waals surface area (Å²) in [6.45, 7) is 0. The number of hydrogen-bond donors (Lipinski definition) is 1. The second-order valence-electron chi connectivity index (χ2n) is 7.94. The zero-order valence-electron chi connectivity index (χ0n) is 18.0. The van der Waals surface area contributed by atoms with Crippen LogP contribution < -0.4 is 14.8 Å². The van der Waals surface area contributed by atoms with Crippen LogP contribution in [0.4, 0.5) is 11.6 Å². The Bertz CT molecular complexity index is 1300. The number of methoxy groups -OCH3 is 2. The molecule has 0 amide bonds. The van der Waals surface area contributed by atoms with E-state index in [1.807, 2.05) is 18.2 Å². The topological polar surface area (TPSA) is 121 Å². The standard InChI is InChI=1S/C23H21N5O5/c1-32-19-7-6-13(11-20(19)33-2)15-9-17-21(18(29)10-15)22(27-23(26-17)24-12-25-27)14-4-3-5-16(8-14)28(30)31/h3-8,11-12,15,22H,9-10H2,1-2H3,(H,24,25,26). The highest BCUT2D eigenvalue weighted by Gasteiger charge is 2.39. The van der Waals surface area contributed by atoms with E-state index in [9.17, 15) is 14.9 Å². The van der Waals surface area contributed by atoms with E-state index < -0.39 is 11.0 Å². The normalized spacial score (nSPS) is 19.4. The first kappa shape index (κ1) is 20.7. The number of non-ortho nitro benzene ring substituents is 1. The van der Waals surface area contributed by atoms with E-state index in [1.54, 1.807) is 31.0 Å². The lowest BCUT2D eigenvalue weighted by atomic mass is 9.78. The third-order valence-electron chi connectivity index (χ3n) is 6.14. The number of Topliss-reactive ketones (excluding diaryl/α,β-unsaturated/α-hetero) is 1. The molecule has 0 saturated carbocycles. The Labute approximate surface area is 189 Å². The molecule has 2 atom stereocenters. The number of nitrogens with zero attached hydrogens (tertiary/aromatic N) is 4. The maximum Gasteiger partial charge on any atom is 0.269 e. The van der Waals surface area contributed by atoms with E-state index in [0.29, 0.717) is 41.4 Å². The van der Waals surface area contributed by atoms with Crippen LogP contribution in [0.1, 0.15) is 35.9 Å². The number of rotatable bonds is 5. The van der Waals surface area contributed by atoms with Crippen molar-refractivity contribution in [2.45, 2.75) is 24.8 Å². The SMILES string of the molecule is COc1ccc(C2CC(=O)C3=C(C2)Nc2ncnn2C3c2cccc([N+](=O)[O-])c2)cc1OC. The van der Waals surface area contributed by atoms with Crippen LogP contribution in [0.3, 0.4) is 0 Å². The van der Waals surface area contributed by atoms with Crippen molar-refractivity contribution in [1.82, 2.24) is 14.8 Å². The molecule has 1 aromatic heterocycles. The Morgan fingerprint density at radius 3 is 2.67 bits per heavy atom. The number of carbonyl (C=O) groups excluding carboxylic acids is 1. The summed E-state index contributed by atoms with van der Waals surface area (Å²) < 4.78 is 12.4. The second-order valence-corrected chi connectivity index (χ2v) is 7.94. The first-order valence-electron chi connectivity index (χ1n) is 10.4. The molecule has 168 valence electrons. The zero-order valence-corrected chi connectivity index (χ0v) is 18.0. The lowest BCUT2D eigenvalue weighted by Gasteiger charge is -2.35. The molecule has 1 aliphatic heterocycles. The van der Waals surface area contributed by atoms with Gasteiger partial charge in [-0.25, -0.2) is 4.68 Å². The molecule has 3 aromatic rings. The van der Waals surface area contributed by atoms with Crippen LogP contribution in [-0.4, -0.2) is 39.7 Å². The summed E-state index contributed by atoms with van der Waals surface area (Å²) in [5.74, 6) is 1.61. The van der Waals surface area contributed by atoms with Crippen molar-refractivity contribution in [3.63, 3.8) is 0 Å². The van der Waals surface area contributed by atoms with E-state index >= 15 is 0 Å². The molecule has 10 nitrogen and oxygen atoms in total. The third kappa shape index (κ3) is 3.49. The monoisotopic (exact) mass is 447 g/mol. The molecule has 0 radical (unpaired) electrons. The maximum atomic E-state index is 13.5. The van der Waals surface area contributed by atoms with Crippen molar-refractivity contribution >= 4 is 17.4 Å². The van der Waals surface area contributed by atoms with E-state index in [-0.39, 0.29) is 17.4 Å².